The molecular weight excluding hydrogens is 297 g/mol. The van der Waals surface area contributed by atoms with Gasteiger partial charge in [-0.1, -0.05) is 12.1 Å². The van der Waals surface area contributed by atoms with Gasteiger partial charge in [0.15, 0.2) is 5.78 Å². The second-order valence-corrected chi connectivity index (χ2v) is 4.82. The third-order valence-corrected chi connectivity index (χ3v) is 3.29. The second-order valence-electron chi connectivity index (χ2n) is 3.96. The zero-order valence-corrected chi connectivity index (χ0v) is 11.1. The van der Waals surface area contributed by atoms with E-state index in [1.165, 1.54) is 12.1 Å². The largest absolute Gasteiger partial charge is 0.398 e. The molecule has 0 radical (unpaired) electrons. The Balaban J connectivity index is 2.16. The highest BCUT2D eigenvalue weighted by molar-refractivity contribution is 9.10. The highest BCUT2D eigenvalue weighted by Gasteiger charge is 2.08. The quantitative estimate of drug-likeness (QED) is 0.695. The Bertz CT molecular complexity index is 581. The molecule has 0 fully saturated rings. The van der Waals surface area contributed by atoms with E-state index in [1.54, 1.807) is 30.3 Å². The first-order chi connectivity index (χ1) is 8.56. The van der Waals surface area contributed by atoms with Crippen LogP contribution in [0.25, 0.3) is 0 Å². The zero-order chi connectivity index (χ0) is 13.1. The minimum Gasteiger partial charge on any atom is -0.398 e. The van der Waals surface area contributed by atoms with Crippen LogP contribution in [-0.2, 0) is 6.42 Å². The van der Waals surface area contributed by atoms with Crippen molar-refractivity contribution in [3.8, 4) is 0 Å². The van der Waals surface area contributed by atoms with Gasteiger partial charge in [0.25, 0.3) is 0 Å². The molecule has 2 aromatic carbocycles. The molecular formula is C14H11BrFNO. The summed E-state index contributed by atoms with van der Waals surface area (Å²) >= 11 is 3.28. The fraction of sp³-hybridized carbons (Fsp3) is 0.0714. The van der Waals surface area contributed by atoms with Crippen LogP contribution in [-0.4, -0.2) is 5.78 Å². The van der Waals surface area contributed by atoms with Crippen LogP contribution < -0.4 is 5.73 Å². The van der Waals surface area contributed by atoms with E-state index >= 15 is 0 Å². The Hall–Kier alpha value is -1.68. The predicted octanol–water partition coefficient (Wildman–Crippen LogP) is 3.60. The van der Waals surface area contributed by atoms with Crippen molar-refractivity contribution in [2.24, 2.45) is 0 Å². The number of rotatable bonds is 3. The molecule has 0 saturated carbocycles. The summed E-state index contributed by atoms with van der Waals surface area (Å²) in [6.45, 7) is 0. The van der Waals surface area contributed by atoms with Gasteiger partial charge in [-0.2, -0.15) is 0 Å². The number of carbonyl (C=O) groups is 1. The number of ketones is 1. The Kier molecular flexibility index (Phi) is 3.77. The SMILES string of the molecule is Nc1ccc(C(=O)Cc2ccc(F)cc2)cc1Br. The molecule has 92 valence electrons. The first-order valence-corrected chi connectivity index (χ1v) is 6.18. The van der Waals surface area contributed by atoms with Crippen molar-refractivity contribution in [1.29, 1.82) is 0 Å². The molecule has 0 heterocycles. The number of nitrogens with two attached hydrogens (primary N) is 1. The first kappa shape index (κ1) is 12.8. The summed E-state index contributed by atoms with van der Waals surface area (Å²) in [5.41, 5.74) is 7.62. The molecule has 0 unspecified atom stereocenters. The Morgan fingerprint density at radius 2 is 1.83 bits per heavy atom. The summed E-state index contributed by atoms with van der Waals surface area (Å²) in [7, 11) is 0. The molecule has 18 heavy (non-hydrogen) atoms. The predicted molar refractivity (Wildman–Crippen MR) is 73.0 cm³/mol. The lowest BCUT2D eigenvalue weighted by molar-refractivity contribution is 0.0993. The highest BCUT2D eigenvalue weighted by atomic mass is 79.9. The minimum atomic E-state index is -0.304. The smallest absolute Gasteiger partial charge is 0.167 e. The van der Waals surface area contributed by atoms with E-state index in [-0.39, 0.29) is 18.0 Å². The average Bonchev–Trinajstić information content (AvgIpc) is 2.35. The van der Waals surface area contributed by atoms with Crippen LogP contribution in [0.15, 0.2) is 46.9 Å². The molecule has 2 aromatic rings. The van der Waals surface area contributed by atoms with E-state index in [1.807, 2.05) is 0 Å². The molecule has 0 spiro atoms. The van der Waals surface area contributed by atoms with Crippen LogP contribution in [0.2, 0.25) is 0 Å². The lowest BCUT2D eigenvalue weighted by Gasteiger charge is -2.04. The van der Waals surface area contributed by atoms with Crippen molar-refractivity contribution in [2.75, 3.05) is 5.73 Å². The number of halogens is 2. The van der Waals surface area contributed by atoms with Gasteiger partial charge in [0, 0.05) is 22.1 Å². The fourth-order valence-corrected chi connectivity index (χ4v) is 1.97. The normalized spacial score (nSPS) is 10.3. The molecule has 2 rings (SSSR count). The summed E-state index contributed by atoms with van der Waals surface area (Å²) in [4.78, 5) is 12.0. The average molecular weight is 308 g/mol. The summed E-state index contributed by atoms with van der Waals surface area (Å²) in [5, 5.41) is 0. The van der Waals surface area contributed by atoms with Crippen molar-refractivity contribution in [3.05, 3.63) is 63.9 Å². The van der Waals surface area contributed by atoms with Gasteiger partial charge in [-0.3, -0.25) is 4.79 Å². The molecule has 0 atom stereocenters. The summed E-state index contributed by atoms with van der Waals surface area (Å²) < 4.78 is 13.4. The molecule has 2 N–H and O–H groups in total. The number of carbonyl (C=O) groups excluding carboxylic acids is 1. The molecule has 0 aliphatic rings. The number of nitrogen functional groups attached to an aromatic ring is 1. The minimum absolute atomic E-state index is 0.0256. The maximum absolute atomic E-state index is 12.7. The lowest BCUT2D eigenvalue weighted by atomic mass is 10.0. The molecule has 4 heteroatoms. The number of Topliss-reactive ketones (excluding diaryl/α,β-unsaturated/α-hetero) is 1. The van der Waals surface area contributed by atoms with E-state index in [0.717, 1.165) is 5.56 Å². The van der Waals surface area contributed by atoms with Crippen LogP contribution in [0.1, 0.15) is 15.9 Å². The highest BCUT2D eigenvalue weighted by Crippen LogP contribution is 2.21. The molecule has 0 aliphatic carbocycles. The lowest BCUT2D eigenvalue weighted by Crippen LogP contribution is -2.04. The summed E-state index contributed by atoms with van der Waals surface area (Å²) in [6.07, 6.45) is 0.247. The second kappa shape index (κ2) is 5.31. The van der Waals surface area contributed by atoms with E-state index in [2.05, 4.69) is 15.9 Å². The van der Waals surface area contributed by atoms with Crippen LogP contribution in [0.5, 0.6) is 0 Å². The van der Waals surface area contributed by atoms with Gasteiger partial charge in [0.05, 0.1) is 0 Å². The number of anilines is 1. The zero-order valence-electron chi connectivity index (χ0n) is 9.49. The number of hydrogen-bond donors (Lipinski definition) is 1. The summed E-state index contributed by atoms with van der Waals surface area (Å²) in [6, 6.07) is 11.0. The van der Waals surface area contributed by atoms with Crippen molar-refractivity contribution in [3.63, 3.8) is 0 Å². The third-order valence-electron chi connectivity index (χ3n) is 2.60. The van der Waals surface area contributed by atoms with Gasteiger partial charge >= 0.3 is 0 Å². The first-order valence-electron chi connectivity index (χ1n) is 5.39. The van der Waals surface area contributed by atoms with Gasteiger partial charge in [-0.05, 0) is 51.8 Å². The molecule has 0 aromatic heterocycles. The van der Waals surface area contributed by atoms with E-state index in [9.17, 15) is 9.18 Å². The van der Waals surface area contributed by atoms with Crippen molar-refractivity contribution in [1.82, 2.24) is 0 Å². The number of benzene rings is 2. The molecule has 0 saturated heterocycles. The standard InChI is InChI=1S/C14H11BrFNO/c15-12-8-10(3-6-13(12)17)14(18)7-9-1-4-11(16)5-2-9/h1-6,8H,7,17H2. The Morgan fingerprint density at radius 1 is 1.17 bits per heavy atom. The van der Waals surface area contributed by atoms with Gasteiger partial charge in [0.1, 0.15) is 5.82 Å². The van der Waals surface area contributed by atoms with E-state index < -0.39 is 0 Å². The molecule has 0 bridgehead atoms. The van der Waals surface area contributed by atoms with Gasteiger partial charge < -0.3 is 5.73 Å². The van der Waals surface area contributed by atoms with Crippen LogP contribution in [0.3, 0.4) is 0 Å². The van der Waals surface area contributed by atoms with Crippen LogP contribution in [0.4, 0.5) is 10.1 Å². The molecule has 0 aliphatic heterocycles. The van der Waals surface area contributed by atoms with Crippen LogP contribution in [0, 0.1) is 5.82 Å². The maximum Gasteiger partial charge on any atom is 0.167 e. The van der Waals surface area contributed by atoms with Crippen molar-refractivity contribution >= 4 is 27.4 Å². The topological polar surface area (TPSA) is 43.1 Å². The van der Waals surface area contributed by atoms with E-state index in [4.69, 9.17) is 5.73 Å². The number of hydrogen-bond acceptors (Lipinski definition) is 2. The van der Waals surface area contributed by atoms with Crippen LogP contribution >= 0.6 is 15.9 Å². The Labute approximate surface area is 113 Å². The molecule has 0 amide bonds. The van der Waals surface area contributed by atoms with E-state index in [0.29, 0.717) is 15.7 Å². The Morgan fingerprint density at radius 3 is 2.44 bits per heavy atom. The van der Waals surface area contributed by atoms with Gasteiger partial charge in [-0.15, -0.1) is 0 Å². The maximum atomic E-state index is 12.7. The van der Waals surface area contributed by atoms with Gasteiger partial charge in [0.2, 0.25) is 0 Å². The van der Waals surface area contributed by atoms with Gasteiger partial charge in [-0.25, -0.2) is 4.39 Å². The monoisotopic (exact) mass is 307 g/mol. The molecule has 2 nitrogen and oxygen atoms in total. The van der Waals surface area contributed by atoms with Crippen molar-refractivity contribution < 1.29 is 9.18 Å². The fourth-order valence-electron chi connectivity index (χ4n) is 1.59. The summed E-state index contributed by atoms with van der Waals surface area (Å²) in [5.74, 6) is -0.330. The third kappa shape index (κ3) is 2.96. The van der Waals surface area contributed by atoms with Crippen molar-refractivity contribution in [2.45, 2.75) is 6.42 Å².